The predicted molar refractivity (Wildman–Crippen MR) is 87.7 cm³/mol. The lowest BCUT2D eigenvalue weighted by Gasteiger charge is -2.19. The van der Waals surface area contributed by atoms with Crippen LogP contribution in [-0.2, 0) is 4.79 Å². The van der Waals surface area contributed by atoms with E-state index in [0.717, 1.165) is 11.8 Å². The first-order chi connectivity index (χ1) is 10.1. The van der Waals surface area contributed by atoms with Crippen molar-refractivity contribution in [3.8, 4) is 0 Å². The van der Waals surface area contributed by atoms with Crippen LogP contribution < -0.4 is 10.6 Å². The largest absolute Gasteiger partial charge is 0.479 e. The highest BCUT2D eigenvalue weighted by molar-refractivity contribution is 8.00. The van der Waals surface area contributed by atoms with Crippen LogP contribution >= 0.6 is 23.4 Å². The summed E-state index contributed by atoms with van der Waals surface area (Å²) in [5, 5.41) is 24.1. The number of urea groups is 1. The Morgan fingerprint density at radius 3 is 2.59 bits per heavy atom. The van der Waals surface area contributed by atoms with Crippen molar-refractivity contribution in [2.45, 2.75) is 36.5 Å². The van der Waals surface area contributed by atoms with Crippen LogP contribution in [0.3, 0.4) is 0 Å². The van der Waals surface area contributed by atoms with Gasteiger partial charge in [0.1, 0.15) is 0 Å². The number of carboxylic acid groups (broad SMARTS) is 1. The Hall–Kier alpha value is -1.44. The van der Waals surface area contributed by atoms with Crippen LogP contribution in [0.15, 0.2) is 23.1 Å². The molecular weight excluding hydrogens is 328 g/mol. The van der Waals surface area contributed by atoms with E-state index in [-0.39, 0.29) is 0 Å². The van der Waals surface area contributed by atoms with E-state index in [2.05, 4.69) is 10.6 Å². The number of amides is 2. The molecular formula is C14H19ClN2O4S. The minimum Gasteiger partial charge on any atom is -0.479 e. The highest BCUT2D eigenvalue weighted by atomic mass is 35.5. The second-order valence-corrected chi connectivity index (χ2v) is 7.25. The standard InChI is InChI=1S/C14H19ClN2O4S/c1-8(2)22-11-5-4-9(15)6-10(11)17-13(20)16-7-14(3,21)12(18)19/h4-6,8,21H,7H2,1-3H3,(H,18,19)(H2,16,17,20). The van der Waals surface area contributed by atoms with Crippen LogP contribution in [-0.4, -0.2) is 39.6 Å². The summed E-state index contributed by atoms with van der Waals surface area (Å²) in [6.07, 6.45) is 0. The number of rotatable bonds is 6. The molecule has 1 unspecified atom stereocenters. The van der Waals surface area contributed by atoms with Gasteiger partial charge in [0.15, 0.2) is 5.60 Å². The van der Waals surface area contributed by atoms with Gasteiger partial charge in [0.25, 0.3) is 0 Å². The highest BCUT2D eigenvalue weighted by Gasteiger charge is 2.30. The lowest BCUT2D eigenvalue weighted by molar-refractivity contribution is -0.155. The van der Waals surface area contributed by atoms with Gasteiger partial charge in [-0.15, -0.1) is 11.8 Å². The molecule has 1 atom stereocenters. The Kier molecular flexibility index (Phi) is 6.52. The number of hydrogen-bond acceptors (Lipinski definition) is 4. The molecule has 1 aromatic rings. The Labute approximate surface area is 138 Å². The highest BCUT2D eigenvalue weighted by Crippen LogP contribution is 2.32. The molecule has 6 nitrogen and oxygen atoms in total. The van der Waals surface area contributed by atoms with Crippen LogP contribution in [0.4, 0.5) is 10.5 Å². The number of carboxylic acids is 1. The summed E-state index contributed by atoms with van der Waals surface area (Å²) in [7, 11) is 0. The van der Waals surface area contributed by atoms with Crippen molar-refractivity contribution in [3.63, 3.8) is 0 Å². The number of aliphatic carboxylic acids is 1. The van der Waals surface area contributed by atoms with Gasteiger partial charge in [-0.2, -0.15) is 0 Å². The lowest BCUT2D eigenvalue weighted by Crippen LogP contribution is -2.47. The summed E-state index contributed by atoms with van der Waals surface area (Å²) in [6.45, 7) is 4.73. The fourth-order valence-electron chi connectivity index (χ4n) is 1.45. The van der Waals surface area contributed by atoms with Gasteiger partial charge >= 0.3 is 12.0 Å². The molecule has 2 amide bonds. The second kappa shape index (κ2) is 7.71. The molecule has 8 heteroatoms. The van der Waals surface area contributed by atoms with E-state index in [1.54, 1.807) is 30.0 Å². The van der Waals surface area contributed by atoms with Gasteiger partial charge in [0.05, 0.1) is 12.2 Å². The molecule has 1 aromatic carbocycles. The molecule has 4 N–H and O–H groups in total. The predicted octanol–water partition coefficient (Wildman–Crippen LogP) is 2.80. The van der Waals surface area contributed by atoms with Crippen LogP contribution in [0, 0.1) is 0 Å². The van der Waals surface area contributed by atoms with Gasteiger partial charge in [-0.3, -0.25) is 0 Å². The number of aliphatic hydroxyl groups is 1. The summed E-state index contributed by atoms with van der Waals surface area (Å²) in [5.74, 6) is -1.41. The zero-order chi connectivity index (χ0) is 16.9. The normalized spacial score (nSPS) is 13.5. The molecule has 0 saturated heterocycles. The minimum atomic E-state index is -2.03. The number of carbonyl (C=O) groups is 2. The maximum atomic E-state index is 11.9. The Bertz CT molecular complexity index is 564. The van der Waals surface area contributed by atoms with Gasteiger partial charge < -0.3 is 20.8 Å². The van der Waals surface area contributed by atoms with Gasteiger partial charge in [-0.25, -0.2) is 9.59 Å². The molecule has 0 heterocycles. The molecule has 0 aliphatic rings. The van der Waals surface area contributed by atoms with Gasteiger partial charge in [0.2, 0.25) is 0 Å². The summed E-state index contributed by atoms with van der Waals surface area (Å²) in [6, 6.07) is 4.52. The first kappa shape index (κ1) is 18.6. The third-order valence-corrected chi connectivity index (χ3v) is 3.92. The maximum Gasteiger partial charge on any atom is 0.337 e. The molecule has 0 aliphatic carbocycles. The van der Waals surface area contributed by atoms with E-state index in [1.165, 1.54) is 0 Å². The molecule has 1 rings (SSSR count). The number of anilines is 1. The zero-order valence-corrected chi connectivity index (χ0v) is 14.1. The first-order valence-corrected chi connectivity index (χ1v) is 7.84. The van der Waals surface area contributed by atoms with Crippen LogP contribution in [0.25, 0.3) is 0 Å². The Morgan fingerprint density at radius 2 is 2.05 bits per heavy atom. The monoisotopic (exact) mass is 346 g/mol. The van der Waals surface area contributed by atoms with Crippen molar-refractivity contribution in [2.24, 2.45) is 0 Å². The Morgan fingerprint density at radius 1 is 1.41 bits per heavy atom. The number of carbonyl (C=O) groups excluding carboxylic acids is 1. The topological polar surface area (TPSA) is 98.7 Å². The molecule has 0 bridgehead atoms. The fraction of sp³-hybridized carbons (Fsp3) is 0.429. The van der Waals surface area contributed by atoms with E-state index in [1.807, 2.05) is 13.8 Å². The third kappa shape index (κ3) is 5.75. The van der Waals surface area contributed by atoms with Gasteiger partial charge in [-0.05, 0) is 25.1 Å². The number of halogens is 1. The van der Waals surface area contributed by atoms with Crippen molar-refractivity contribution < 1.29 is 19.8 Å². The molecule has 0 aromatic heterocycles. The van der Waals surface area contributed by atoms with Crippen LogP contribution in [0.5, 0.6) is 0 Å². The van der Waals surface area contributed by atoms with Gasteiger partial charge in [0, 0.05) is 15.2 Å². The zero-order valence-electron chi connectivity index (χ0n) is 12.5. The lowest BCUT2D eigenvalue weighted by atomic mass is 10.1. The van der Waals surface area contributed by atoms with Crippen molar-refractivity contribution in [2.75, 3.05) is 11.9 Å². The van der Waals surface area contributed by atoms with Crippen LogP contribution in [0.1, 0.15) is 20.8 Å². The minimum absolute atomic E-state index is 0.317. The average Bonchev–Trinajstić information content (AvgIpc) is 2.39. The molecule has 0 aliphatic heterocycles. The molecule has 122 valence electrons. The van der Waals surface area contributed by atoms with E-state index in [9.17, 15) is 14.7 Å². The summed E-state index contributed by atoms with van der Waals surface area (Å²) >= 11 is 7.49. The molecule has 0 radical (unpaired) electrons. The summed E-state index contributed by atoms with van der Waals surface area (Å²) in [4.78, 5) is 23.5. The van der Waals surface area contributed by atoms with E-state index in [0.29, 0.717) is 16.0 Å². The molecule has 0 spiro atoms. The van der Waals surface area contributed by atoms with E-state index >= 15 is 0 Å². The van der Waals surface area contributed by atoms with Gasteiger partial charge in [-0.1, -0.05) is 25.4 Å². The third-order valence-electron chi connectivity index (χ3n) is 2.61. The SMILES string of the molecule is CC(C)Sc1ccc(Cl)cc1NC(=O)NCC(C)(O)C(=O)O. The maximum absolute atomic E-state index is 11.9. The van der Waals surface area contributed by atoms with Crippen molar-refractivity contribution in [1.29, 1.82) is 0 Å². The first-order valence-electron chi connectivity index (χ1n) is 6.58. The number of benzene rings is 1. The second-order valence-electron chi connectivity index (χ2n) is 5.19. The fourth-order valence-corrected chi connectivity index (χ4v) is 2.51. The summed E-state index contributed by atoms with van der Waals surface area (Å²) in [5.41, 5.74) is -1.50. The molecule has 22 heavy (non-hydrogen) atoms. The molecule has 0 fully saturated rings. The number of hydrogen-bond donors (Lipinski definition) is 4. The Balaban J connectivity index is 2.75. The van der Waals surface area contributed by atoms with Crippen LogP contribution in [0.2, 0.25) is 5.02 Å². The van der Waals surface area contributed by atoms with Crippen molar-refractivity contribution >= 4 is 41.1 Å². The van der Waals surface area contributed by atoms with E-state index in [4.69, 9.17) is 16.7 Å². The van der Waals surface area contributed by atoms with Crippen molar-refractivity contribution in [3.05, 3.63) is 23.2 Å². The average molecular weight is 347 g/mol. The summed E-state index contributed by atoms with van der Waals surface area (Å²) < 4.78 is 0. The molecule has 0 saturated carbocycles. The quantitative estimate of drug-likeness (QED) is 0.594. The van der Waals surface area contributed by atoms with E-state index < -0.39 is 24.1 Å². The number of thioether (sulfide) groups is 1. The smallest absolute Gasteiger partial charge is 0.337 e. The number of nitrogens with one attached hydrogen (secondary N) is 2. The van der Waals surface area contributed by atoms with Crippen molar-refractivity contribution in [1.82, 2.24) is 5.32 Å².